The van der Waals surface area contributed by atoms with E-state index >= 15 is 0 Å². The van der Waals surface area contributed by atoms with E-state index in [1.165, 1.54) is 0 Å². The van der Waals surface area contributed by atoms with Crippen molar-refractivity contribution >= 4 is 11.7 Å². The molecule has 0 aliphatic heterocycles. The molecule has 1 aromatic rings. The number of hydrogen-bond acceptors (Lipinski definition) is 3. The second-order valence-corrected chi connectivity index (χ2v) is 5.21. The summed E-state index contributed by atoms with van der Waals surface area (Å²) in [5.41, 5.74) is 0.983. The topological polar surface area (TPSA) is 49.8 Å². The van der Waals surface area contributed by atoms with E-state index in [1.807, 2.05) is 31.2 Å². The minimum Gasteiger partial charge on any atom is -0.492 e. The first-order valence-electron chi connectivity index (χ1n) is 7.23. The summed E-state index contributed by atoms with van der Waals surface area (Å²) in [5, 5.41) is 8.90. The molecular weight excluding hydrogens is 254 g/mol. The lowest BCUT2D eigenvalue weighted by molar-refractivity contribution is -0.136. The maximum atomic E-state index is 10.8. The van der Waals surface area contributed by atoms with Crippen molar-refractivity contribution < 1.29 is 14.6 Å². The Morgan fingerprint density at radius 3 is 2.60 bits per heavy atom. The Labute approximate surface area is 121 Å². The van der Waals surface area contributed by atoms with Crippen molar-refractivity contribution in [2.45, 2.75) is 33.6 Å². The summed E-state index contributed by atoms with van der Waals surface area (Å²) in [6, 6.07) is 7.82. The number of benzene rings is 1. The largest absolute Gasteiger partial charge is 0.492 e. The number of hydrogen-bond donors (Lipinski definition) is 1. The van der Waals surface area contributed by atoms with Crippen LogP contribution < -0.4 is 9.64 Å². The van der Waals surface area contributed by atoms with Crippen molar-refractivity contribution in [3.8, 4) is 5.75 Å². The molecule has 112 valence electrons. The van der Waals surface area contributed by atoms with Crippen molar-refractivity contribution in [1.82, 2.24) is 0 Å². The second-order valence-electron chi connectivity index (χ2n) is 5.21. The van der Waals surface area contributed by atoms with E-state index in [9.17, 15) is 4.79 Å². The average Bonchev–Trinajstić information content (AvgIpc) is 2.40. The molecule has 0 unspecified atom stereocenters. The molecule has 0 radical (unpaired) electrons. The van der Waals surface area contributed by atoms with Gasteiger partial charge in [0.15, 0.2) is 0 Å². The zero-order valence-electron chi connectivity index (χ0n) is 12.6. The van der Waals surface area contributed by atoms with Crippen molar-refractivity contribution in [3.05, 3.63) is 24.3 Å². The van der Waals surface area contributed by atoms with Gasteiger partial charge >= 0.3 is 5.97 Å². The molecule has 0 atom stereocenters. The molecule has 0 aromatic heterocycles. The fraction of sp³-hybridized carbons (Fsp3) is 0.562. The van der Waals surface area contributed by atoms with Gasteiger partial charge in [-0.15, -0.1) is 0 Å². The van der Waals surface area contributed by atoms with E-state index in [4.69, 9.17) is 9.84 Å². The molecule has 1 aromatic carbocycles. The van der Waals surface area contributed by atoms with Crippen LogP contribution in [0.15, 0.2) is 24.3 Å². The van der Waals surface area contributed by atoms with Crippen molar-refractivity contribution in [1.29, 1.82) is 0 Å². The van der Waals surface area contributed by atoms with Crippen LogP contribution in [-0.2, 0) is 4.79 Å². The lowest BCUT2D eigenvalue weighted by Crippen LogP contribution is -2.28. The summed E-state index contributed by atoms with van der Waals surface area (Å²) in [6.45, 7) is 8.25. The van der Waals surface area contributed by atoms with Gasteiger partial charge in [-0.05, 0) is 31.4 Å². The molecule has 0 aliphatic carbocycles. The first-order chi connectivity index (χ1) is 9.54. The molecule has 0 amide bonds. The number of carboxylic acids is 1. The third-order valence-electron chi connectivity index (χ3n) is 3.08. The number of para-hydroxylation sites is 2. The van der Waals surface area contributed by atoms with Crippen LogP contribution in [0.4, 0.5) is 5.69 Å². The molecule has 0 spiro atoms. The second kappa shape index (κ2) is 8.46. The molecule has 0 bridgehead atoms. The van der Waals surface area contributed by atoms with Crippen LogP contribution in [0.5, 0.6) is 5.75 Å². The van der Waals surface area contributed by atoms with Crippen LogP contribution in [0.25, 0.3) is 0 Å². The fourth-order valence-electron chi connectivity index (χ4n) is 1.99. The van der Waals surface area contributed by atoms with E-state index in [2.05, 4.69) is 18.7 Å². The summed E-state index contributed by atoms with van der Waals surface area (Å²) in [7, 11) is 0. The third-order valence-corrected chi connectivity index (χ3v) is 3.08. The van der Waals surface area contributed by atoms with E-state index < -0.39 is 5.97 Å². The molecule has 0 saturated carbocycles. The third kappa shape index (κ3) is 5.51. The number of rotatable bonds is 9. The normalized spacial score (nSPS) is 10.6. The zero-order valence-corrected chi connectivity index (χ0v) is 12.6. The van der Waals surface area contributed by atoms with Crippen LogP contribution >= 0.6 is 0 Å². The van der Waals surface area contributed by atoms with Gasteiger partial charge in [-0.3, -0.25) is 4.79 Å². The standard InChI is InChI=1S/C16H25NO3/c1-4-20-15-8-6-5-7-14(15)17(11-9-13(2)3)12-10-16(18)19/h5-8,13H,4,9-12H2,1-3H3,(H,18,19). The molecule has 1 N–H and O–H groups in total. The molecule has 0 fully saturated rings. The Kier molecular flexibility index (Phi) is 6.91. The average molecular weight is 279 g/mol. The van der Waals surface area contributed by atoms with E-state index in [0.29, 0.717) is 19.1 Å². The Morgan fingerprint density at radius 2 is 2.00 bits per heavy atom. The number of nitrogens with zero attached hydrogens (tertiary/aromatic N) is 1. The number of aliphatic carboxylic acids is 1. The SMILES string of the molecule is CCOc1ccccc1N(CCC(=O)O)CCC(C)C. The molecule has 20 heavy (non-hydrogen) atoms. The quantitative estimate of drug-likeness (QED) is 0.752. The molecule has 4 heteroatoms. The molecule has 0 aliphatic rings. The highest BCUT2D eigenvalue weighted by molar-refractivity contribution is 5.68. The predicted molar refractivity (Wildman–Crippen MR) is 81.5 cm³/mol. The maximum absolute atomic E-state index is 10.8. The Balaban J connectivity index is 2.86. The number of carbonyl (C=O) groups is 1. The molecule has 1 rings (SSSR count). The van der Waals surface area contributed by atoms with Gasteiger partial charge in [0.1, 0.15) is 5.75 Å². The highest BCUT2D eigenvalue weighted by Crippen LogP contribution is 2.28. The summed E-state index contributed by atoms with van der Waals surface area (Å²) in [4.78, 5) is 12.9. The van der Waals surface area contributed by atoms with Crippen LogP contribution in [0.1, 0.15) is 33.6 Å². The van der Waals surface area contributed by atoms with Crippen molar-refractivity contribution in [3.63, 3.8) is 0 Å². The summed E-state index contributed by atoms with van der Waals surface area (Å²) in [5.74, 6) is 0.638. The van der Waals surface area contributed by atoms with Gasteiger partial charge in [0, 0.05) is 13.1 Å². The molecule has 4 nitrogen and oxygen atoms in total. The lowest BCUT2D eigenvalue weighted by Gasteiger charge is -2.27. The summed E-state index contributed by atoms with van der Waals surface area (Å²) >= 11 is 0. The fourth-order valence-corrected chi connectivity index (χ4v) is 1.99. The zero-order chi connectivity index (χ0) is 15.0. The van der Waals surface area contributed by atoms with Gasteiger partial charge in [-0.2, -0.15) is 0 Å². The van der Waals surface area contributed by atoms with Gasteiger partial charge in [-0.1, -0.05) is 26.0 Å². The Bertz CT molecular complexity index is 418. The highest BCUT2D eigenvalue weighted by atomic mass is 16.5. The first kappa shape index (κ1) is 16.3. The van der Waals surface area contributed by atoms with E-state index in [0.717, 1.165) is 24.4 Å². The van der Waals surface area contributed by atoms with E-state index in [1.54, 1.807) is 0 Å². The highest BCUT2D eigenvalue weighted by Gasteiger charge is 2.13. The van der Waals surface area contributed by atoms with Crippen LogP contribution in [-0.4, -0.2) is 30.8 Å². The monoisotopic (exact) mass is 279 g/mol. The Morgan fingerprint density at radius 1 is 1.30 bits per heavy atom. The van der Waals surface area contributed by atoms with Gasteiger partial charge in [0.05, 0.1) is 18.7 Å². The number of carboxylic acid groups (broad SMARTS) is 1. The van der Waals surface area contributed by atoms with Crippen molar-refractivity contribution in [2.75, 3.05) is 24.6 Å². The molecule has 0 heterocycles. The van der Waals surface area contributed by atoms with Gasteiger partial charge in [-0.25, -0.2) is 0 Å². The minimum absolute atomic E-state index is 0.137. The van der Waals surface area contributed by atoms with Gasteiger partial charge in [0.2, 0.25) is 0 Å². The Hall–Kier alpha value is -1.71. The maximum Gasteiger partial charge on any atom is 0.305 e. The number of ether oxygens (including phenoxy) is 1. The lowest BCUT2D eigenvalue weighted by atomic mass is 10.1. The predicted octanol–water partition coefficient (Wildman–Crippen LogP) is 3.41. The summed E-state index contributed by atoms with van der Waals surface area (Å²) in [6.07, 6.45) is 1.17. The first-order valence-corrected chi connectivity index (χ1v) is 7.23. The van der Waals surface area contributed by atoms with Crippen LogP contribution in [0, 0.1) is 5.92 Å². The minimum atomic E-state index is -0.770. The van der Waals surface area contributed by atoms with E-state index in [-0.39, 0.29) is 6.42 Å². The number of anilines is 1. The van der Waals surface area contributed by atoms with Crippen LogP contribution in [0.2, 0.25) is 0 Å². The van der Waals surface area contributed by atoms with Crippen molar-refractivity contribution in [2.24, 2.45) is 5.92 Å². The molecule has 0 saturated heterocycles. The van der Waals surface area contributed by atoms with Gasteiger partial charge < -0.3 is 14.7 Å². The summed E-state index contributed by atoms with van der Waals surface area (Å²) < 4.78 is 5.64. The molecular formula is C16H25NO3. The smallest absolute Gasteiger partial charge is 0.305 e. The van der Waals surface area contributed by atoms with Gasteiger partial charge in [0.25, 0.3) is 0 Å². The van der Waals surface area contributed by atoms with Crippen LogP contribution in [0.3, 0.4) is 0 Å².